The van der Waals surface area contributed by atoms with Gasteiger partial charge in [-0.05, 0) is 19.9 Å². The van der Waals surface area contributed by atoms with Gasteiger partial charge in [0.05, 0.1) is 0 Å². The Kier molecular flexibility index (Phi) is 2.25. The molecule has 0 spiro atoms. The fraction of sp³-hybridized carbons (Fsp3) is 0.714. The first-order valence-corrected chi connectivity index (χ1v) is 3.42. The Bertz CT molecular complexity index is 109. The quantitative estimate of drug-likeness (QED) is 0.494. The molecule has 3 N–H and O–H groups in total. The summed E-state index contributed by atoms with van der Waals surface area (Å²) in [5.74, 6) is 0. The zero-order chi connectivity index (χ0) is 6.69. The summed E-state index contributed by atoms with van der Waals surface area (Å²) in [5.41, 5.74) is 5.78. The molecule has 0 aliphatic heterocycles. The highest BCUT2D eigenvalue weighted by Gasteiger charge is 2.15. The van der Waals surface area contributed by atoms with E-state index in [0.717, 1.165) is 12.8 Å². The first-order chi connectivity index (χ1) is 4.34. The average Bonchev–Trinajstić information content (AvgIpc) is 1.89. The number of rotatable bonds is 1. The smallest absolute Gasteiger partial charge is 0.0253 e. The van der Waals surface area contributed by atoms with Crippen molar-refractivity contribution in [3.63, 3.8) is 0 Å². The molecule has 0 fully saturated rings. The summed E-state index contributed by atoms with van der Waals surface area (Å²) >= 11 is 0. The number of likely N-dealkylation sites (N-methyl/N-ethyl adjacent to an activating group) is 1. The number of nitrogens with one attached hydrogen (secondary N) is 1. The van der Waals surface area contributed by atoms with E-state index in [1.165, 1.54) is 0 Å². The van der Waals surface area contributed by atoms with Crippen molar-refractivity contribution in [2.45, 2.75) is 24.9 Å². The van der Waals surface area contributed by atoms with Crippen molar-refractivity contribution in [1.29, 1.82) is 0 Å². The number of hydrogen-bond acceptors (Lipinski definition) is 2. The molecule has 0 unspecified atom stereocenters. The highest BCUT2D eigenvalue weighted by atomic mass is 14.9. The van der Waals surface area contributed by atoms with E-state index >= 15 is 0 Å². The monoisotopic (exact) mass is 126 g/mol. The molecular weight excluding hydrogens is 112 g/mol. The lowest BCUT2D eigenvalue weighted by Crippen LogP contribution is -2.44. The molecule has 0 aromatic rings. The predicted octanol–water partition coefficient (Wildman–Crippen LogP) is 0.252. The van der Waals surface area contributed by atoms with E-state index in [2.05, 4.69) is 17.5 Å². The summed E-state index contributed by atoms with van der Waals surface area (Å²) in [4.78, 5) is 0. The molecule has 52 valence electrons. The second kappa shape index (κ2) is 2.99. The molecule has 0 saturated heterocycles. The molecule has 1 aliphatic rings. The summed E-state index contributed by atoms with van der Waals surface area (Å²) in [6, 6.07) is 0.815. The third-order valence-corrected chi connectivity index (χ3v) is 1.85. The van der Waals surface area contributed by atoms with Gasteiger partial charge < -0.3 is 11.1 Å². The largest absolute Gasteiger partial charge is 0.326 e. The van der Waals surface area contributed by atoms with Crippen LogP contribution in [0.25, 0.3) is 0 Å². The molecule has 1 aliphatic carbocycles. The maximum absolute atomic E-state index is 5.78. The van der Waals surface area contributed by atoms with Crippen molar-refractivity contribution in [3.05, 3.63) is 12.2 Å². The summed E-state index contributed by atoms with van der Waals surface area (Å²) < 4.78 is 0. The fourth-order valence-corrected chi connectivity index (χ4v) is 1.17. The van der Waals surface area contributed by atoms with E-state index < -0.39 is 0 Å². The lowest BCUT2D eigenvalue weighted by atomic mass is 9.97. The first kappa shape index (κ1) is 6.78. The normalized spacial score (nSPS) is 34.9. The van der Waals surface area contributed by atoms with Gasteiger partial charge >= 0.3 is 0 Å². The van der Waals surface area contributed by atoms with Crippen molar-refractivity contribution in [2.24, 2.45) is 5.73 Å². The van der Waals surface area contributed by atoms with Crippen LogP contribution in [0.1, 0.15) is 12.8 Å². The van der Waals surface area contributed by atoms with Crippen LogP contribution in [0.3, 0.4) is 0 Å². The number of hydrogen-bond donors (Lipinski definition) is 2. The number of nitrogens with two attached hydrogens (primary N) is 1. The van der Waals surface area contributed by atoms with Crippen LogP contribution in [-0.4, -0.2) is 19.1 Å². The average molecular weight is 126 g/mol. The third-order valence-electron chi connectivity index (χ3n) is 1.85. The molecular formula is C7H14N2. The topological polar surface area (TPSA) is 38.0 Å². The molecule has 0 radical (unpaired) electrons. The maximum Gasteiger partial charge on any atom is 0.0253 e. The molecule has 1 rings (SSSR count). The lowest BCUT2D eigenvalue weighted by molar-refractivity contribution is 0.450. The van der Waals surface area contributed by atoms with E-state index in [1.807, 2.05) is 7.05 Å². The highest BCUT2D eigenvalue weighted by molar-refractivity contribution is 4.99. The van der Waals surface area contributed by atoms with Crippen molar-refractivity contribution in [2.75, 3.05) is 7.05 Å². The highest BCUT2D eigenvalue weighted by Crippen LogP contribution is 2.08. The minimum Gasteiger partial charge on any atom is -0.326 e. The molecule has 0 bridgehead atoms. The Labute approximate surface area is 56.1 Å². The molecule has 0 aromatic carbocycles. The first-order valence-electron chi connectivity index (χ1n) is 3.42. The van der Waals surface area contributed by atoms with Gasteiger partial charge in [-0.3, -0.25) is 0 Å². The van der Waals surface area contributed by atoms with Crippen LogP contribution < -0.4 is 11.1 Å². The summed E-state index contributed by atoms with van der Waals surface area (Å²) in [7, 11) is 1.96. The lowest BCUT2D eigenvalue weighted by Gasteiger charge is -2.23. The van der Waals surface area contributed by atoms with Crippen molar-refractivity contribution < 1.29 is 0 Å². The summed E-state index contributed by atoms with van der Waals surface area (Å²) in [6.07, 6.45) is 6.44. The summed E-state index contributed by atoms with van der Waals surface area (Å²) in [5, 5.41) is 3.18. The minimum absolute atomic E-state index is 0.319. The second-order valence-corrected chi connectivity index (χ2v) is 2.50. The molecule has 0 heterocycles. The molecule has 0 saturated carbocycles. The van der Waals surface area contributed by atoms with Crippen molar-refractivity contribution >= 4 is 0 Å². The van der Waals surface area contributed by atoms with Gasteiger partial charge in [0.25, 0.3) is 0 Å². The Hall–Kier alpha value is -0.340. The molecule has 9 heavy (non-hydrogen) atoms. The maximum atomic E-state index is 5.78. The second-order valence-electron chi connectivity index (χ2n) is 2.50. The van der Waals surface area contributed by atoms with Crippen LogP contribution in [0, 0.1) is 0 Å². The molecule has 2 nitrogen and oxygen atoms in total. The van der Waals surface area contributed by atoms with Gasteiger partial charge in [-0.15, -0.1) is 0 Å². The van der Waals surface area contributed by atoms with E-state index in [4.69, 9.17) is 5.73 Å². The minimum atomic E-state index is 0.319. The molecule has 0 amide bonds. The third kappa shape index (κ3) is 1.53. The zero-order valence-corrected chi connectivity index (χ0v) is 5.80. The Morgan fingerprint density at radius 3 is 2.56 bits per heavy atom. The van der Waals surface area contributed by atoms with Crippen LogP contribution in [0.5, 0.6) is 0 Å². The van der Waals surface area contributed by atoms with Gasteiger partial charge in [-0.2, -0.15) is 0 Å². The van der Waals surface area contributed by atoms with E-state index in [9.17, 15) is 0 Å². The predicted molar refractivity (Wildman–Crippen MR) is 39.2 cm³/mol. The van der Waals surface area contributed by atoms with Gasteiger partial charge in [-0.1, -0.05) is 12.2 Å². The summed E-state index contributed by atoms with van der Waals surface area (Å²) in [6.45, 7) is 0. The van der Waals surface area contributed by atoms with Gasteiger partial charge in [0.1, 0.15) is 0 Å². The van der Waals surface area contributed by atoms with Crippen LogP contribution >= 0.6 is 0 Å². The Balaban J connectivity index is 2.43. The molecule has 0 aromatic heterocycles. The molecule has 2 heteroatoms. The van der Waals surface area contributed by atoms with Gasteiger partial charge in [0, 0.05) is 12.1 Å². The van der Waals surface area contributed by atoms with Gasteiger partial charge in [-0.25, -0.2) is 0 Å². The molecule has 2 atom stereocenters. The van der Waals surface area contributed by atoms with E-state index in [-0.39, 0.29) is 0 Å². The van der Waals surface area contributed by atoms with E-state index in [0.29, 0.717) is 12.1 Å². The van der Waals surface area contributed by atoms with Crippen LogP contribution in [0.2, 0.25) is 0 Å². The van der Waals surface area contributed by atoms with E-state index in [1.54, 1.807) is 0 Å². The van der Waals surface area contributed by atoms with Gasteiger partial charge in [0.15, 0.2) is 0 Å². The Morgan fingerprint density at radius 1 is 1.44 bits per heavy atom. The SMILES string of the molecule is CN[C@@H]1CC=CC[C@H]1N. The van der Waals surface area contributed by atoms with Gasteiger partial charge in [0.2, 0.25) is 0 Å². The van der Waals surface area contributed by atoms with Crippen molar-refractivity contribution in [3.8, 4) is 0 Å². The fourth-order valence-electron chi connectivity index (χ4n) is 1.17. The van der Waals surface area contributed by atoms with Crippen LogP contribution in [-0.2, 0) is 0 Å². The standard InChI is InChI=1S/C7H14N2/c1-9-7-5-3-2-4-6(7)8/h2-3,6-7,9H,4-5,8H2,1H3/t6-,7-/m1/s1. The zero-order valence-electron chi connectivity index (χ0n) is 5.80. The van der Waals surface area contributed by atoms with Crippen molar-refractivity contribution in [1.82, 2.24) is 5.32 Å². The van der Waals surface area contributed by atoms with Crippen LogP contribution in [0.4, 0.5) is 0 Å². The Morgan fingerprint density at radius 2 is 2.11 bits per heavy atom. The van der Waals surface area contributed by atoms with Crippen LogP contribution in [0.15, 0.2) is 12.2 Å².